The highest BCUT2D eigenvalue weighted by atomic mass is 15.1. The normalized spacial score (nSPS) is 14.8. The zero-order valence-electron chi connectivity index (χ0n) is 39.0. The maximum Gasteiger partial charge on any atom is 0.0713 e. The summed E-state index contributed by atoms with van der Waals surface area (Å²) >= 11 is 0. The Morgan fingerprint density at radius 3 is 1.50 bits per heavy atom. The van der Waals surface area contributed by atoms with Crippen LogP contribution < -0.4 is 4.90 Å². The highest BCUT2D eigenvalue weighted by Crippen LogP contribution is 2.59. The summed E-state index contributed by atoms with van der Waals surface area (Å²) in [4.78, 5) is 2.53. The van der Waals surface area contributed by atoms with Gasteiger partial charge >= 0.3 is 0 Å². The van der Waals surface area contributed by atoms with Gasteiger partial charge in [-0.2, -0.15) is 0 Å². The molecule has 1 heteroatoms. The number of fused-ring (bicyclic) bond motifs is 9. The zero-order chi connectivity index (χ0) is 45.8. The van der Waals surface area contributed by atoms with Crippen LogP contribution in [0.15, 0.2) is 237 Å². The lowest BCUT2D eigenvalue weighted by molar-refractivity contribution is 0.660. The summed E-state index contributed by atoms with van der Waals surface area (Å²) in [5.41, 5.74) is 26.0. The molecule has 13 rings (SSSR count). The van der Waals surface area contributed by atoms with Gasteiger partial charge in [-0.15, -0.1) is 0 Å². The van der Waals surface area contributed by atoms with Gasteiger partial charge in [0.1, 0.15) is 0 Å². The van der Waals surface area contributed by atoms with Crippen molar-refractivity contribution in [3.8, 4) is 55.6 Å². The number of nitrogens with zero attached hydrogens (tertiary/aromatic N) is 1. The van der Waals surface area contributed by atoms with Crippen LogP contribution in [0.1, 0.15) is 72.2 Å². The first-order valence-corrected chi connectivity index (χ1v) is 24.1. The monoisotopic (exact) mass is 869 g/mol. The Morgan fingerprint density at radius 2 is 0.779 bits per heavy atom. The van der Waals surface area contributed by atoms with Crippen LogP contribution in [0.2, 0.25) is 0 Å². The Labute approximate surface area is 400 Å². The molecule has 68 heavy (non-hydrogen) atoms. The van der Waals surface area contributed by atoms with E-state index in [-0.39, 0.29) is 10.8 Å². The molecule has 0 saturated carbocycles. The summed E-state index contributed by atoms with van der Waals surface area (Å²) < 4.78 is 0. The van der Waals surface area contributed by atoms with Crippen molar-refractivity contribution in [3.05, 3.63) is 281 Å². The van der Waals surface area contributed by atoms with Crippen molar-refractivity contribution in [2.45, 2.75) is 43.9 Å². The highest BCUT2D eigenvalue weighted by Gasteiger charge is 2.46. The molecule has 324 valence electrons. The average Bonchev–Trinajstić information content (AvgIpc) is 3.92. The third-order valence-corrected chi connectivity index (χ3v) is 15.7. The van der Waals surface area contributed by atoms with E-state index in [1.807, 2.05) is 0 Å². The first kappa shape index (κ1) is 40.3. The van der Waals surface area contributed by atoms with Crippen LogP contribution >= 0.6 is 0 Å². The molecule has 0 aromatic heterocycles. The van der Waals surface area contributed by atoms with Gasteiger partial charge in [0.05, 0.1) is 11.1 Å². The molecule has 10 aromatic carbocycles. The minimum absolute atomic E-state index is 0.119. The Morgan fingerprint density at radius 1 is 0.294 bits per heavy atom. The molecule has 0 radical (unpaired) electrons. The van der Waals surface area contributed by atoms with E-state index in [1.165, 1.54) is 100 Å². The number of hydrogen-bond acceptors (Lipinski definition) is 1. The number of benzene rings is 10. The van der Waals surface area contributed by atoms with Gasteiger partial charge in [0.15, 0.2) is 0 Å². The third kappa shape index (κ3) is 5.63. The van der Waals surface area contributed by atoms with Crippen molar-refractivity contribution >= 4 is 17.1 Å². The summed E-state index contributed by atoms with van der Waals surface area (Å²) in [6.45, 7) is 9.52. The first-order valence-electron chi connectivity index (χ1n) is 24.1. The Balaban J connectivity index is 1.07. The lowest BCUT2D eigenvalue weighted by Gasteiger charge is -2.34. The number of anilines is 3. The van der Waals surface area contributed by atoms with Crippen LogP contribution in [0, 0.1) is 0 Å². The summed E-state index contributed by atoms with van der Waals surface area (Å²) in [7, 11) is 0. The minimum atomic E-state index is -0.488. The number of para-hydroxylation sites is 1. The van der Waals surface area contributed by atoms with Crippen molar-refractivity contribution < 1.29 is 0 Å². The molecule has 10 aromatic rings. The quantitative estimate of drug-likeness (QED) is 0.154. The molecule has 0 spiro atoms. The van der Waals surface area contributed by atoms with E-state index in [0.29, 0.717) is 0 Å². The lowest BCUT2D eigenvalue weighted by Crippen LogP contribution is -2.28. The Hall–Kier alpha value is -8.00. The topological polar surface area (TPSA) is 3.24 Å². The smallest absolute Gasteiger partial charge is 0.0713 e. The SMILES string of the molecule is CC1(C)c2ccccc2-c2c(-c3ccccc3N(c3cccc(-c4cccc5c4C(C)(C)c4ccccc4-5)c3)c3ccc4c(c3)-c3ccccc3C4(c3ccccc3)c3ccccc3)cccc21. The van der Waals surface area contributed by atoms with Crippen molar-refractivity contribution in [2.75, 3.05) is 4.90 Å². The summed E-state index contributed by atoms with van der Waals surface area (Å²) in [5.74, 6) is 0. The molecular formula is C67H51N. The summed E-state index contributed by atoms with van der Waals surface area (Å²) in [6.07, 6.45) is 0. The summed E-state index contributed by atoms with van der Waals surface area (Å²) in [5, 5.41) is 0. The molecule has 0 atom stereocenters. The second kappa shape index (κ2) is 15.0. The fraction of sp³-hybridized carbons (Fsp3) is 0.104. The molecule has 0 fully saturated rings. The largest absolute Gasteiger partial charge is 0.310 e. The van der Waals surface area contributed by atoms with Crippen LogP contribution in [0.4, 0.5) is 17.1 Å². The van der Waals surface area contributed by atoms with Crippen LogP contribution in [0.5, 0.6) is 0 Å². The molecule has 0 aliphatic heterocycles. The van der Waals surface area contributed by atoms with Crippen molar-refractivity contribution in [3.63, 3.8) is 0 Å². The van der Waals surface area contributed by atoms with E-state index < -0.39 is 5.41 Å². The standard InChI is InChI=1S/C67H51N/c1-65(2)58-36-16-13-31-55(58)63-53(33-21-38-61(63)65)52-30-14-18-39-62(52)68(47-27-19-22-44(42-47)49-32-20-34-54-50-28-11-15-35-57(50)66(3,4)64(49)54)48-40-41-60-56(43-48)51-29-12-17-37-59(51)67(60,45-23-7-5-8-24-45)46-25-9-6-10-26-46/h5-43H,1-4H3. The molecule has 0 N–H and O–H groups in total. The van der Waals surface area contributed by atoms with Crippen molar-refractivity contribution in [1.82, 2.24) is 0 Å². The Kier molecular flexibility index (Phi) is 8.89. The number of hydrogen-bond donors (Lipinski definition) is 0. The van der Waals surface area contributed by atoms with Crippen LogP contribution in [-0.2, 0) is 16.2 Å². The molecule has 0 saturated heterocycles. The van der Waals surface area contributed by atoms with E-state index in [1.54, 1.807) is 0 Å². The van der Waals surface area contributed by atoms with Crippen molar-refractivity contribution in [2.24, 2.45) is 0 Å². The van der Waals surface area contributed by atoms with Gasteiger partial charge in [0.25, 0.3) is 0 Å². The minimum Gasteiger partial charge on any atom is -0.310 e. The maximum atomic E-state index is 2.53. The van der Waals surface area contributed by atoms with Crippen LogP contribution in [-0.4, -0.2) is 0 Å². The maximum absolute atomic E-state index is 2.53. The predicted molar refractivity (Wildman–Crippen MR) is 284 cm³/mol. The molecule has 0 heterocycles. The van der Waals surface area contributed by atoms with Gasteiger partial charge in [-0.25, -0.2) is 0 Å². The molecule has 0 amide bonds. The predicted octanol–water partition coefficient (Wildman–Crippen LogP) is 17.5. The van der Waals surface area contributed by atoms with E-state index >= 15 is 0 Å². The van der Waals surface area contributed by atoms with Gasteiger partial charge in [0.2, 0.25) is 0 Å². The number of rotatable bonds is 7. The van der Waals surface area contributed by atoms with Gasteiger partial charge in [-0.05, 0) is 125 Å². The summed E-state index contributed by atoms with van der Waals surface area (Å²) in [6, 6.07) is 88.7. The second-order valence-corrected chi connectivity index (χ2v) is 20.0. The van der Waals surface area contributed by atoms with Gasteiger partial charge in [-0.3, -0.25) is 0 Å². The van der Waals surface area contributed by atoms with Crippen LogP contribution in [0.25, 0.3) is 55.6 Å². The van der Waals surface area contributed by atoms with Gasteiger partial charge in [0, 0.05) is 27.8 Å². The zero-order valence-corrected chi connectivity index (χ0v) is 39.0. The van der Waals surface area contributed by atoms with Crippen LogP contribution in [0.3, 0.4) is 0 Å². The van der Waals surface area contributed by atoms with E-state index in [2.05, 4.69) is 269 Å². The molecule has 0 bridgehead atoms. The Bertz CT molecular complexity index is 3590. The first-order chi connectivity index (χ1) is 33.3. The highest BCUT2D eigenvalue weighted by molar-refractivity contribution is 6.00. The van der Waals surface area contributed by atoms with Gasteiger partial charge in [-0.1, -0.05) is 234 Å². The average molecular weight is 870 g/mol. The molecule has 3 aliphatic rings. The van der Waals surface area contributed by atoms with E-state index in [0.717, 1.165) is 17.1 Å². The fourth-order valence-corrected chi connectivity index (χ4v) is 12.8. The molecular weight excluding hydrogens is 819 g/mol. The van der Waals surface area contributed by atoms with Gasteiger partial charge < -0.3 is 4.90 Å². The molecule has 3 aliphatic carbocycles. The fourth-order valence-electron chi connectivity index (χ4n) is 12.8. The molecule has 0 unspecified atom stereocenters. The van der Waals surface area contributed by atoms with E-state index in [4.69, 9.17) is 0 Å². The molecule has 1 nitrogen and oxygen atoms in total. The van der Waals surface area contributed by atoms with Crippen molar-refractivity contribution in [1.29, 1.82) is 0 Å². The lowest BCUT2D eigenvalue weighted by atomic mass is 9.68. The second-order valence-electron chi connectivity index (χ2n) is 20.0. The van der Waals surface area contributed by atoms with E-state index in [9.17, 15) is 0 Å². The third-order valence-electron chi connectivity index (χ3n) is 15.7.